The fourth-order valence-electron chi connectivity index (χ4n) is 4.35. The predicted molar refractivity (Wildman–Crippen MR) is 128 cm³/mol. The monoisotopic (exact) mass is 518 g/mol. The van der Waals surface area contributed by atoms with Crippen LogP contribution in [0.25, 0.3) is 16.6 Å². The van der Waals surface area contributed by atoms with E-state index < -0.39 is 17.9 Å². The van der Waals surface area contributed by atoms with E-state index in [0.29, 0.717) is 37.1 Å². The molecule has 12 heteroatoms. The van der Waals surface area contributed by atoms with Crippen molar-refractivity contribution in [3.8, 4) is 22.9 Å². The number of likely N-dealkylation sites (tertiary alicyclic amines) is 1. The van der Waals surface area contributed by atoms with Crippen molar-refractivity contribution in [1.29, 1.82) is 5.26 Å². The number of fused-ring (bicyclic) bond motifs is 1. The second-order valence-corrected chi connectivity index (χ2v) is 10.1. The van der Waals surface area contributed by atoms with E-state index in [9.17, 15) is 23.2 Å². The quantitative estimate of drug-likeness (QED) is 0.466. The highest BCUT2D eigenvalue weighted by atomic mass is 19.4. The van der Waals surface area contributed by atoms with Crippen molar-refractivity contribution >= 4 is 11.6 Å². The number of hydrogen-bond acceptors (Lipinski definition) is 6. The Labute approximate surface area is 212 Å². The lowest BCUT2D eigenvalue weighted by Gasteiger charge is -2.33. The van der Waals surface area contributed by atoms with Crippen LogP contribution >= 0.6 is 0 Å². The fraction of sp³-hybridized carbons (Fsp3) is 0.520. The summed E-state index contributed by atoms with van der Waals surface area (Å²) in [5.74, 6) is -0.0887. The number of piperidine rings is 1. The first-order valence-electron chi connectivity index (χ1n) is 12.0. The molecule has 1 saturated heterocycles. The molecule has 0 spiro atoms. The molecule has 0 bridgehead atoms. The predicted octanol–water partition coefficient (Wildman–Crippen LogP) is 5.28. The third-order valence-electron chi connectivity index (χ3n) is 6.28. The number of pyridine rings is 1. The van der Waals surface area contributed by atoms with Gasteiger partial charge in [-0.2, -0.15) is 28.6 Å². The zero-order valence-corrected chi connectivity index (χ0v) is 21.3. The van der Waals surface area contributed by atoms with Gasteiger partial charge in [0.25, 0.3) is 0 Å². The van der Waals surface area contributed by atoms with Crippen molar-refractivity contribution in [2.45, 2.75) is 71.4 Å². The third kappa shape index (κ3) is 5.50. The Morgan fingerprint density at radius 2 is 1.86 bits per heavy atom. The Morgan fingerprint density at radius 3 is 2.46 bits per heavy atom. The molecule has 0 saturated carbocycles. The average molecular weight is 519 g/mol. The minimum absolute atomic E-state index is 0.0482. The molecule has 1 aliphatic heterocycles. The van der Waals surface area contributed by atoms with Gasteiger partial charge < -0.3 is 14.4 Å². The minimum Gasteiger partial charge on any atom is -0.479 e. The SMILES string of the molecule is Cc1c(-c2cc(O[C@H](C)C(F)(F)F)c3c(C#N)cnn3c2)cnn1C1CCN(C(=O)OC(C)(C)C)CC1. The summed E-state index contributed by atoms with van der Waals surface area (Å²) in [5.41, 5.74) is 1.79. The molecule has 9 nitrogen and oxygen atoms in total. The summed E-state index contributed by atoms with van der Waals surface area (Å²) in [7, 11) is 0. The zero-order chi connectivity index (χ0) is 27.1. The maximum atomic E-state index is 13.2. The first-order valence-corrected chi connectivity index (χ1v) is 12.0. The molecule has 0 aliphatic carbocycles. The normalized spacial score (nSPS) is 16.0. The van der Waals surface area contributed by atoms with Crippen LogP contribution < -0.4 is 4.74 Å². The van der Waals surface area contributed by atoms with E-state index in [2.05, 4.69) is 10.2 Å². The van der Waals surface area contributed by atoms with Gasteiger partial charge in [0.2, 0.25) is 0 Å². The van der Waals surface area contributed by atoms with E-state index in [0.717, 1.165) is 12.6 Å². The summed E-state index contributed by atoms with van der Waals surface area (Å²) in [4.78, 5) is 14.1. The number of nitriles is 1. The number of hydrogen-bond donors (Lipinski definition) is 0. The Hall–Kier alpha value is -3.75. The molecule has 1 amide bonds. The molecule has 1 aliphatic rings. The molecule has 1 fully saturated rings. The van der Waals surface area contributed by atoms with Crippen molar-refractivity contribution < 1.29 is 27.4 Å². The van der Waals surface area contributed by atoms with Crippen LogP contribution in [0.15, 0.2) is 24.7 Å². The molecule has 0 unspecified atom stereocenters. The zero-order valence-electron chi connectivity index (χ0n) is 21.3. The molecule has 4 rings (SSSR count). The number of nitrogens with zero attached hydrogens (tertiary/aromatic N) is 6. The molecule has 3 aromatic rings. The Bertz CT molecular complexity index is 1340. The molecule has 3 aromatic heterocycles. The Kier molecular flexibility index (Phi) is 6.83. The summed E-state index contributed by atoms with van der Waals surface area (Å²) in [5, 5.41) is 18.1. The van der Waals surface area contributed by atoms with Crippen LogP contribution in [0.5, 0.6) is 5.75 Å². The van der Waals surface area contributed by atoms with Crippen LogP contribution in [0.2, 0.25) is 0 Å². The number of rotatable bonds is 4. The maximum Gasteiger partial charge on any atom is 0.425 e. The minimum atomic E-state index is -4.57. The van der Waals surface area contributed by atoms with E-state index in [1.165, 1.54) is 16.8 Å². The van der Waals surface area contributed by atoms with E-state index >= 15 is 0 Å². The van der Waals surface area contributed by atoms with Gasteiger partial charge in [0.05, 0.1) is 18.4 Å². The molecule has 0 radical (unpaired) electrons. The average Bonchev–Trinajstić information content (AvgIpc) is 3.40. The molecule has 4 heterocycles. The van der Waals surface area contributed by atoms with Crippen LogP contribution in [0.3, 0.4) is 0 Å². The second-order valence-electron chi connectivity index (χ2n) is 10.1. The summed E-state index contributed by atoms with van der Waals surface area (Å²) in [6, 6.07) is 3.48. The maximum absolute atomic E-state index is 13.2. The highest BCUT2D eigenvalue weighted by molar-refractivity contribution is 5.76. The first-order chi connectivity index (χ1) is 17.3. The van der Waals surface area contributed by atoms with Gasteiger partial charge in [-0.1, -0.05) is 0 Å². The van der Waals surface area contributed by atoms with Gasteiger partial charge in [0, 0.05) is 36.1 Å². The fourth-order valence-corrected chi connectivity index (χ4v) is 4.35. The van der Waals surface area contributed by atoms with Crippen LogP contribution in [-0.2, 0) is 4.74 Å². The topological polar surface area (TPSA) is 97.7 Å². The Morgan fingerprint density at radius 1 is 1.19 bits per heavy atom. The second kappa shape index (κ2) is 9.61. The van der Waals surface area contributed by atoms with Crippen molar-refractivity contribution in [1.82, 2.24) is 24.3 Å². The first kappa shape index (κ1) is 26.3. The van der Waals surface area contributed by atoms with E-state index in [1.807, 2.05) is 38.4 Å². The number of ether oxygens (including phenoxy) is 2. The van der Waals surface area contributed by atoms with Gasteiger partial charge in [-0.15, -0.1) is 0 Å². The summed E-state index contributed by atoms with van der Waals surface area (Å²) in [6.07, 6.45) is -1.04. The van der Waals surface area contributed by atoms with Gasteiger partial charge in [-0.3, -0.25) is 4.68 Å². The molecular weight excluding hydrogens is 489 g/mol. The highest BCUT2D eigenvalue weighted by Gasteiger charge is 2.38. The van der Waals surface area contributed by atoms with Gasteiger partial charge >= 0.3 is 12.3 Å². The molecule has 0 N–H and O–H groups in total. The van der Waals surface area contributed by atoms with Crippen LogP contribution in [0, 0.1) is 18.3 Å². The number of carbonyl (C=O) groups is 1. The summed E-state index contributed by atoms with van der Waals surface area (Å²) < 4.78 is 53.7. The molecule has 1 atom stereocenters. The van der Waals surface area contributed by atoms with Crippen LogP contribution in [-0.4, -0.2) is 61.4 Å². The molecule has 37 heavy (non-hydrogen) atoms. The van der Waals surface area contributed by atoms with Gasteiger partial charge in [-0.05, 0) is 53.5 Å². The lowest BCUT2D eigenvalue weighted by Crippen LogP contribution is -2.42. The molecule has 198 valence electrons. The van der Waals surface area contributed by atoms with Gasteiger partial charge in [0.15, 0.2) is 6.10 Å². The van der Waals surface area contributed by atoms with Crippen LogP contribution in [0.4, 0.5) is 18.0 Å². The molecular formula is C25H29F3N6O3. The number of halogens is 3. The number of aromatic nitrogens is 4. The standard InChI is InChI=1S/C25H29F3N6O3/c1-15-20(13-31-34(15)19-6-8-32(9-7-19)23(35)37-24(3,4)5)17-10-21(36-16(2)25(26,27)28)22-18(11-29)12-30-33(22)14-17/h10,12-14,16,19H,6-9H2,1-5H3/t16-/m1/s1. The molecule has 0 aromatic carbocycles. The van der Waals surface area contributed by atoms with Crippen molar-refractivity contribution in [2.24, 2.45) is 0 Å². The smallest absolute Gasteiger partial charge is 0.425 e. The van der Waals surface area contributed by atoms with Gasteiger partial charge in [0.1, 0.15) is 28.5 Å². The lowest BCUT2D eigenvalue weighted by molar-refractivity contribution is -0.189. The number of carbonyl (C=O) groups excluding carboxylic acids is 1. The number of alkyl halides is 3. The Balaban J connectivity index is 1.60. The lowest BCUT2D eigenvalue weighted by atomic mass is 10.0. The number of amides is 1. The van der Waals surface area contributed by atoms with Crippen molar-refractivity contribution in [3.63, 3.8) is 0 Å². The summed E-state index contributed by atoms with van der Waals surface area (Å²) in [6.45, 7) is 9.33. The van der Waals surface area contributed by atoms with Gasteiger partial charge in [-0.25, -0.2) is 9.31 Å². The van der Waals surface area contributed by atoms with E-state index in [1.54, 1.807) is 17.3 Å². The van der Waals surface area contributed by atoms with Crippen molar-refractivity contribution in [3.05, 3.63) is 35.9 Å². The van der Waals surface area contributed by atoms with Crippen molar-refractivity contribution in [2.75, 3.05) is 13.1 Å². The van der Waals surface area contributed by atoms with E-state index in [4.69, 9.17) is 9.47 Å². The third-order valence-corrected chi connectivity index (χ3v) is 6.28. The highest BCUT2D eigenvalue weighted by Crippen LogP contribution is 2.35. The van der Waals surface area contributed by atoms with Crippen LogP contribution in [0.1, 0.15) is 57.8 Å². The largest absolute Gasteiger partial charge is 0.479 e. The summed E-state index contributed by atoms with van der Waals surface area (Å²) >= 11 is 0. The van der Waals surface area contributed by atoms with E-state index in [-0.39, 0.29) is 29.0 Å².